The van der Waals surface area contributed by atoms with Crippen LogP contribution in [-0.4, -0.2) is 44.2 Å². The van der Waals surface area contributed by atoms with E-state index in [1.807, 2.05) is 55.5 Å². The number of benzene rings is 3. The molecule has 2 amide bonds. The highest BCUT2D eigenvalue weighted by molar-refractivity contribution is 6.30. The summed E-state index contributed by atoms with van der Waals surface area (Å²) >= 11 is 5.98. The Hall–Kier alpha value is -3.68. The minimum atomic E-state index is -1.83. The average Bonchev–Trinajstić information content (AvgIpc) is 3.35. The predicted octanol–water partition coefficient (Wildman–Crippen LogP) is 5.97. The maximum absolute atomic E-state index is 12.9. The largest absolute Gasteiger partial charge is 0.503 e. The molecular formula is C28H26ClNO6. The second-order valence-corrected chi connectivity index (χ2v) is 9.49. The van der Waals surface area contributed by atoms with E-state index in [9.17, 15) is 14.7 Å². The molecule has 0 aromatic heterocycles. The van der Waals surface area contributed by atoms with Crippen molar-refractivity contribution in [3.05, 3.63) is 94.5 Å². The number of carboxylic acid groups (broad SMARTS) is 2. The van der Waals surface area contributed by atoms with Gasteiger partial charge in [-0.15, -0.1) is 0 Å². The van der Waals surface area contributed by atoms with Crippen LogP contribution in [-0.2, 0) is 0 Å². The minimum absolute atomic E-state index is 0.00292. The van der Waals surface area contributed by atoms with E-state index in [0.717, 1.165) is 23.1 Å². The summed E-state index contributed by atoms with van der Waals surface area (Å²) < 4.78 is 0. The Bertz CT molecular complexity index is 1230. The zero-order valence-corrected chi connectivity index (χ0v) is 20.3. The van der Waals surface area contributed by atoms with Gasteiger partial charge in [0.2, 0.25) is 0 Å². The summed E-state index contributed by atoms with van der Waals surface area (Å²) in [7, 11) is 0. The molecule has 5 rings (SSSR count). The lowest BCUT2D eigenvalue weighted by molar-refractivity contribution is 0.0468. The van der Waals surface area contributed by atoms with E-state index in [1.54, 1.807) is 24.3 Å². The highest BCUT2D eigenvalue weighted by atomic mass is 35.5. The zero-order chi connectivity index (χ0) is 26.0. The third kappa shape index (κ3) is 4.98. The first-order valence-electron chi connectivity index (χ1n) is 11.6. The quantitative estimate of drug-likeness (QED) is 0.374. The second kappa shape index (κ2) is 10.5. The number of hydrogen-bond donors (Lipinski definition) is 3. The summed E-state index contributed by atoms with van der Waals surface area (Å²) in [5.74, 6) is -0.455. The fraction of sp³-hybridized carbons (Fsp3) is 0.250. The number of halogens is 1. The van der Waals surface area contributed by atoms with Crippen molar-refractivity contribution >= 4 is 29.6 Å². The van der Waals surface area contributed by atoms with Gasteiger partial charge in [-0.3, -0.25) is 14.5 Å². The maximum Gasteiger partial charge on any atom is 0.503 e. The van der Waals surface area contributed by atoms with Gasteiger partial charge in [0, 0.05) is 11.1 Å². The number of amides is 2. The Labute approximate surface area is 213 Å². The lowest BCUT2D eigenvalue weighted by Gasteiger charge is -2.30. The van der Waals surface area contributed by atoms with Gasteiger partial charge in [-0.25, -0.2) is 4.79 Å². The van der Waals surface area contributed by atoms with E-state index in [4.69, 9.17) is 26.6 Å². The van der Waals surface area contributed by atoms with Crippen LogP contribution in [0.4, 0.5) is 4.79 Å². The Morgan fingerprint density at radius 3 is 1.83 bits per heavy atom. The summed E-state index contributed by atoms with van der Waals surface area (Å²) in [6.45, 7) is 2.04. The molecule has 0 saturated heterocycles. The Balaban J connectivity index is 0.000000709. The van der Waals surface area contributed by atoms with Crippen molar-refractivity contribution in [2.75, 3.05) is 0 Å². The van der Waals surface area contributed by atoms with E-state index < -0.39 is 12.3 Å². The Morgan fingerprint density at radius 2 is 1.33 bits per heavy atom. The normalized spacial score (nSPS) is 21.5. The fourth-order valence-electron chi connectivity index (χ4n) is 5.26. The van der Waals surface area contributed by atoms with Crippen LogP contribution in [0.5, 0.6) is 0 Å². The van der Waals surface area contributed by atoms with Crippen LogP contribution in [0.2, 0.25) is 5.02 Å². The summed E-state index contributed by atoms with van der Waals surface area (Å²) in [5, 5.41) is 25.8. The van der Waals surface area contributed by atoms with Crippen LogP contribution in [0.3, 0.4) is 0 Å². The highest BCUT2D eigenvalue weighted by Crippen LogP contribution is 2.44. The SMILES string of the molecule is C[C@@H]1[C@@H](C(O)c2ccc(-c3ccc(Cl)cc3)cc2)CC[C@H]1N1C(=O)c2ccccc2C1=O.O=C(O)O. The number of rotatable bonds is 4. The molecule has 0 spiro atoms. The fourth-order valence-corrected chi connectivity index (χ4v) is 5.38. The average molecular weight is 508 g/mol. The number of aliphatic hydroxyl groups is 1. The van der Waals surface area contributed by atoms with Gasteiger partial charge >= 0.3 is 6.16 Å². The molecule has 0 bridgehead atoms. The third-order valence-corrected chi connectivity index (χ3v) is 7.32. The number of aliphatic hydroxyl groups excluding tert-OH is 1. The standard InChI is InChI=1S/C27H24ClNO3.CH2O3/c1-16-21(14-15-24(16)29-26(31)22-4-2-3-5-23(22)27(29)32)25(30)19-8-6-17(7-9-19)18-10-12-20(28)13-11-18;2-1(3)4/h2-13,16,21,24-25,30H,14-15H2,1H3;(H2,2,3,4)/t16-,21+,24-,25?;/m1./s1. The van der Waals surface area contributed by atoms with Crippen molar-refractivity contribution in [2.45, 2.75) is 31.9 Å². The first-order valence-corrected chi connectivity index (χ1v) is 12.0. The first-order chi connectivity index (χ1) is 17.2. The van der Waals surface area contributed by atoms with E-state index in [-0.39, 0.29) is 29.7 Å². The van der Waals surface area contributed by atoms with Crippen LogP contribution in [0.15, 0.2) is 72.8 Å². The third-order valence-electron chi connectivity index (χ3n) is 7.07. The van der Waals surface area contributed by atoms with Gasteiger partial charge < -0.3 is 15.3 Å². The molecule has 8 heteroatoms. The van der Waals surface area contributed by atoms with Gasteiger partial charge in [-0.2, -0.15) is 0 Å². The van der Waals surface area contributed by atoms with Gasteiger partial charge in [0.1, 0.15) is 0 Å². The number of fused-ring (bicyclic) bond motifs is 1. The smallest absolute Gasteiger partial charge is 0.450 e. The minimum Gasteiger partial charge on any atom is -0.450 e. The number of imide groups is 1. The van der Waals surface area contributed by atoms with Crippen molar-refractivity contribution in [2.24, 2.45) is 11.8 Å². The summed E-state index contributed by atoms with van der Waals surface area (Å²) in [6.07, 6.45) is -1.01. The molecule has 3 N–H and O–H groups in total. The van der Waals surface area contributed by atoms with Crippen molar-refractivity contribution in [1.82, 2.24) is 4.90 Å². The topological polar surface area (TPSA) is 115 Å². The molecule has 1 aliphatic carbocycles. The number of carbonyl (C=O) groups is 3. The molecule has 1 unspecified atom stereocenters. The summed E-state index contributed by atoms with van der Waals surface area (Å²) in [4.78, 5) is 35.8. The highest BCUT2D eigenvalue weighted by Gasteiger charge is 2.47. The number of carbonyl (C=O) groups excluding carboxylic acids is 2. The van der Waals surface area contributed by atoms with Crippen molar-refractivity contribution in [3.8, 4) is 11.1 Å². The first kappa shape index (κ1) is 25.4. The second-order valence-electron chi connectivity index (χ2n) is 9.05. The van der Waals surface area contributed by atoms with Crippen molar-refractivity contribution in [3.63, 3.8) is 0 Å². The van der Waals surface area contributed by atoms with Crippen LogP contribution < -0.4 is 0 Å². The van der Waals surface area contributed by atoms with E-state index in [1.165, 1.54) is 4.90 Å². The molecule has 1 saturated carbocycles. The van der Waals surface area contributed by atoms with Crippen LogP contribution in [0.1, 0.15) is 52.1 Å². The molecule has 1 fully saturated rings. The molecule has 186 valence electrons. The molecule has 7 nitrogen and oxygen atoms in total. The summed E-state index contributed by atoms with van der Waals surface area (Å²) in [6, 6.07) is 22.4. The Morgan fingerprint density at radius 1 is 0.861 bits per heavy atom. The van der Waals surface area contributed by atoms with Gasteiger partial charge in [-0.05, 0) is 65.6 Å². The molecule has 36 heavy (non-hydrogen) atoms. The van der Waals surface area contributed by atoms with Gasteiger partial charge in [0.15, 0.2) is 0 Å². The van der Waals surface area contributed by atoms with E-state index in [2.05, 4.69) is 0 Å². The van der Waals surface area contributed by atoms with Gasteiger partial charge in [-0.1, -0.05) is 67.1 Å². The lowest BCUT2D eigenvalue weighted by atomic mass is 9.86. The number of nitrogens with zero attached hydrogens (tertiary/aromatic N) is 1. The predicted molar refractivity (Wildman–Crippen MR) is 135 cm³/mol. The molecule has 0 radical (unpaired) electrons. The molecule has 2 aliphatic rings. The van der Waals surface area contributed by atoms with Crippen LogP contribution >= 0.6 is 11.6 Å². The lowest BCUT2D eigenvalue weighted by Crippen LogP contribution is -2.42. The van der Waals surface area contributed by atoms with Gasteiger partial charge in [0.05, 0.1) is 17.2 Å². The molecule has 1 heterocycles. The molecule has 3 aromatic carbocycles. The van der Waals surface area contributed by atoms with Gasteiger partial charge in [0.25, 0.3) is 11.8 Å². The summed E-state index contributed by atoms with van der Waals surface area (Å²) in [5.41, 5.74) is 3.93. The van der Waals surface area contributed by atoms with E-state index in [0.29, 0.717) is 22.6 Å². The van der Waals surface area contributed by atoms with E-state index >= 15 is 0 Å². The number of hydrogen-bond acceptors (Lipinski definition) is 4. The molecule has 3 aromatic rings. The van der Waals surface area contributed by atoms with Crippen LogP contribution in [0.25, 0.3) is 11.1 Å². The molecule has 4 atom stereocenters. The van der Waals surface area contributed by atoms with Crippen molar-refractivity contribution in [1.29, 1.82) is 0 Å². The maximum atomic E-state index is 12.9. The zero-order valence-electron chi connectivity index (χ0n) is 19.5. The Kier molecular flexibility index (Phi) is 7.43. The molecular weight excluding hydrogens is 482 g/mol. The molecule has 1 aliphatic heterocycles. The monoisotopic (exact) mass is 507 g/mol. The van der Waals surface area contributed by atoms with Crippen LogP contribution in [0, 0.1) is 11.8 Å². The van der Waals surface area contributed by atoms with Crippen molar-refractivity contribution < 1.29 is 29.7 Å².